The Kier molecular flexibility index (Phi) is 16.9. The average Bonchev–Trinajstić information content (AvgIpc) is 2.67. The van der Waals surface area contributed by atoms with Gasteiger partial charge in [-0.1, -0.05) is 103 Å². The Balaban J connectivity index is 1.76. The molecule has 0 aromatic rings. The van der Waals surface area contributed by atoms with Crippen molar-refractivity contribution in [2.45, 2.75) is 147 Å². The van der Waals surface area contributed by atoms with Crippen molar-refractivity contribution in [2.24, 2.45) is 0 Å². The van der Waals surface area contributed by atoms with E-state index in [4.69, 9.17) is 0 Å². The minimum Gasteiger partial charge on any atom is -0.393 e. The first kappa shape index (κ1) is 25.1. The fourth-order valence-corrected chi connectivity index (χ4v) is 6.01. The van der Waals surface area contributed by atoms with Gasteiger partial charge in [-0.05, 0) is 32.1 Å². The lowest BCUT2D eigenvalue weighted by atomic mass is 9.97. The van der Waals surface area contributed by atoms with Crippen LogP contribution >= 0.6 is 0 Å². The summed E-state index contributed by atoms with van der Waals surface area (Å²) in [4.78, 5) is 0. The van der Waals surface area contributed by atoms with Crippen molar-refractivity contribution in [3.63, 3.8) is 0 Å². The fourth-order valence-electron chi connectivity index (χ4n) is 4.32. The zero-order valence-corrected chi connectivity index (χ0v) is 19.1. The maximum absolute atomic E-state index is 12.3. The van der Waals surface area contributed by atoms with Crippen molar-refractivity contribution in [3.05, 3.63) is 0 Å². The molecular weight excluding hydrogens is 352 g/mol. The summed E-state index contributed by atoms with van der Waals surface area (Å²) < 4.78 is 12.3. The normalized spacial score (nSPS) is 21.4. The molecule has 1 aliphatic carbocycles. The lowest BCUT2D eigenvalue weighted by Gasteiger charge is -2.25. The first-order valence-corrected chi connectivity index (χ1v) is 13.7. The van der Waals surface area contributed by atoms with Crippen LogP contribution in [-0.4, -0.2) is 26.4 Å². The van der Waals surface area contributed by atoms with Gasteiger partial charge in [-0.3, -0.25) is 4.21 Å². The molecule has 3 unspecified atom stereocenters. The molecule has 0 aliphatic heterocycles. The van der Waals surface area contributed by atoms with Crippen LogP contribution in [0.15, 0.2) is 0 Å². The Morgan fingerprint density at radius 1 is 0.704 bits per heavy atom. The summed E-state index contributed by atoms with van der Waals surface area (Å²) in [6, 6.07) is 0. The number of aliphatic hydroxyl groups is 1. The summed E-state index contributed by atoms with van der Waals surface area (Å²) in [5, 5.41) is 9.98. The Bertz CT molecular complexity index is 345. The molecule has 0 bridgehead atoms. The molecule has 1 aliphatic rings. The molecule has 162 valence electrons. The Labute approximate surface area is 172 Å². The van der Waals surface area contributed by atoms with Crippen LogP contribution in [-0.2, 0) is 10.8 Å². The predicted molar refractivity (Wildman–Crippen MR) is 121 cm³/mol. The van der Waals surface area contributed by atoms with Crippen LogP contribution in [0.25, 0.3) is 0 Å². The molecule has 3 heteroatoms. The molecular formula is C24H48O2S. The zero-order chi connectivity index (χ0) is 19.6. The van der Waals surface area contributed by atoms with E-state index in [9.17, 15) is 9.32 Å². The lowest BCUT2D eigenvalue weighted by molar-refractivity contribution is 0.132. The Morgan fingerprint density at radius 3 is 1.59 bits per heavy atom. The number of hydrogen-bond donors (Lipinski definition) is 1. The van der Waals surface area contributed by atoms with E-state index in [1.54, 1.807) is 0 Å². The van der Waals surface area contributed by atoms with Crippen LogP contribution < -0.4 is 0 Å². The summed E-state index contributed by atoms with van der Waals surface area (Å²) in [7, 11) is -0.705. The second-order valence-electron chi connectivity index (χ2n) is 8.83. The largest absolute Gasteiger partial charge is 0.393 e. The van der Waals surface area contributed by atoms with E-state index in [0.717, 1.165) is 37.9 Å². The highest BCUT2D eigenvalue weighted by molar-refractivity contribution is 7.85. The van der Waals surface area contributed by atoms with Crippen molar-refractivity contribution in [1.29, 1.82) is 0 Å². The van der Waals surface area contributed by atoms with Gasteiger partial charge in [0.05, 0.1) is 6.10 Å². The van der Waals surface area contributed by atoms with Gasteiger partial charge in [0.2, 0.25) is 0 Å². The van der Waals surface area contributed by atoms with Gasteiger partial charge in [0.25, 0.3) is 0 Å². The van der Waals surface area contributed by atoms with Crippen molar-refractivity contribution in [2.75, 3.05) is 5.75 Å². The smallest absolute Gasteiger partial charge is 0.0551 e. The first-order valence-electron chi connectivity index (χ1n) is 12.3. The molecule has 1 fully saturated rings. The van der Waals surface area contributed by atoms with E-state index in [0.29, 0.717) is 0 Å². The molecule has 0 amide bonds. The summed E-state index contributed by atoms with van der Waals surface area (Å²) in [6.45, 7) is 2.28. The maximum Gasteiger partial charge on any atom is 0.0551 e. The lowest BCUT2D eigenvalue weighted by Crippen LogP contribution is -2.28. The van der Waals surface area contributed by atoms with Gasteiger partial charge in [0, 0.05) is 21.8 Å². The molecule has 0 aromatic heterocycles. The molecule has 0 radical (unpaired) electrons. The van der Waals surface area contributed by atoms with Crippen LogP contribution in [0, 0.1) is 0 Å². The van der Waals surface area contributed by atoms with Gasteiger partial charge in [-0.15, -0.1) is 0 Å². The topological polar surface area (TPSA) is 37.3 Å². The number of unbranched alkanes of at least 4 members (excludes halogenated alkanes) is 15. The highest BCUT2D eigenvalue weighted by atomic mass is 32.2. The quantitative estimate of drug-likeness (QED) is 0.245. The van der Waals surface area contributed by atoms with Gasteiger partial charge >= 0.3 is 0 Å². The van der Waals surface area contributed by atoms with E-state index in [1.165, 1.54) is 96.3 Å². The number of aliphatic hydroxyl groups excluding tert-OH is 1. The molecule has 0 saturated heterocycles. The highest BCUT2D eigenvalue weighted by Gasteiger charge is 2.24. The molecule has 2 nitrogen and oxygen atoms in total. The van der Waals surface area contributed by atoms with Crippen molar-refractivity contribution < 1.29 is 9.32 Å². The van der Waals surface area contributed by atoms with E-state index in [2.05, 4.69) is 6.92 Å². The van der Waals surface area contributed by atoms with Gasteiger partial charge in [0.15, 0.2) is 0 Å². The second-order valence-corrected chi connectivity index (χ2v) is 10.7. The average molecular weight is 401 g/mol. The van der Waals surface area contributed by atoms with Crippen LogP contribution in [0.5, 0.6) is 0 Å². The standard InChI is InChI=1S/C24H48O2S/c1-2-3-4-5-6-7-8-9-10-11-12-13-14-15-16-17-21-27(26)24-20-18-19-23(25)22-24/h23-25H,2-22H2,1H3. The molecule has 0 aromatic carbocycles. The van der Waals surface area contributed by atoms with E-state index < -0.39 is 10.8 Å². The first-order chi connectivity index (χ1) is 13.2. The number of hydrogen-bond acceptors (Lipinski definition) is 2. The predicted octanol–water partition coefficient (Wildman–Crippen LogP) is 7.30. The zero-order valence-electron chi connectivity index (χ0n) is 18.3. The second kappa shape index (κ2) is 18.2. The third-order valence-electron chi connectivity index (χ3n) is 6.17. The van der Waals surface area contributed by atoms with Crippen molar-refractivity contribution in [1.82, 2.24) is 0 Å². The van der Waals surface area contributed by atoms with Crippen LogP contribution in [0.4, 0.5) is 0 Å². The molecule has 0 heterocycles. The van der Waals surface area contributed by atoms with E-state index >= 15 is 0 Å². The summed E-state index contributed by atoms with van der Waals surface area (Å²) >= 11 is 0. The summed E-state index contributed by atoms with van der Waals surface area (Å²) in [5.74, 6) is 0.857. The van der Waals surface area contributed by atoms with Crippen LogP contribution in [0.2, 0.25) is 0 Å². The SMILES string of the molecule is CCCCCCCCCCCCCCCCCCS(=O)C1CCCC(O)C1. The monoisotopic (exact) mass is 400 g/mol. The molecule has 3 atom stereocenters. The van der Waals surface area contributed by atoms with Crippen molar-refractivity contribution in [3.8, 4) is 0 Å². The van der Waals surface area contributed by atoms with E-state index in [1.807, 2.05) is 0 Å². The molecule has 1 N–H and O–H groups in total. The van der Waals surface area contributed by atoms with Gasteiger partial charge < -0.3 is 5.11 Å². The summed E-state index contributed by atoms with van der Waals surface area (Å²) in [5.41, 5.74) is 0. The van der Waals surface area contributed by atoms with Gasteiger partial charge in [-0.25, -0.2) is 0 Å². The minimum absolute atomic E-state index is 0.196. The minimum atomic E-state index is -0.705. The number of rotatable bonds is 18. The van der Waals surface area contributed by atoms with Gasteiger partial charge in [0.1, 0.15) is 0 Å². The maximum atomic E-state index is 12.3. The van der Waals surface area contributed by atoms with E-state index in [-0.39, 0.29) is 11.4 Å². The van der Waals surface area contributed by atoms with Crippen LogP contribution in [0.1, 0.15) is 135 Å². The molecule has 0 spiro atoms. The van der Waals surface area contributed by atoms with Crippen molar-refractivity contribution >= 4 is 10.8 Å². The third-order valence-corrected chi connectivity index (χ3v) is 8.03. The Hall–Kier alpha value is 0.110. The van der Waals surface area contributed by atoms with Crippen LogP contribution in [0.3, 0.4) is 0 Å². The molecule has 1 rings (SSSR count). The Morgan fingerprint density at radius 2 is 1.15 bits per heavy atom. The van der Waals surface area contributed by atoms with Gasteiger partial charge in [-0.2, -0.15) is 0 Å². The molecule has 27 heavy (non-hydrogen) atoms. The summed E-state index contributed by atoms with van der Waals surface area (Å²) in [6.07, 6.45) is 25.7. The fraction of sp³-hybridized carbons (Fsp3) is 1.00. The highest BCUT2D eigenvalue weighted by Crippen LogP contribution is 2.23. The molecule has 1 saturated carbocycles. The third kappa shape index (κ3) is 14.7.